The van der Waals surface area contributed by atoms with Crippen LogP contribution < -0.4 is 5.73 Å². The van der Waals surface area contributed by atoms with E-state index in [1.807, 2.05) is 0 Å². The summed E-state index contributed by atoms with van der Waals surface area (Å²) < 4.78 is 0. The van der Waals surface area contributed by atoms with E-state index < -0.39 is 5.97 Å². The molecule has 92 valence electrons. The second-order valence-electron chi connectivity index (χ2n) is 4.56. The number of rotatable bonds is 6. The molecule has 0 bridgehead atoms. The molecule has 1 unspecified atom stereocenters. The lowest BCUT2D eigenvalue weighted by molar-refractivity contribution is -0.152. The van der Waals surface area contributed by atoms with Gasteiger partial charge < -0.3 is 15.7 Å². The molecule has 3 N–H and O–H groups in total. The lowest BCUT2D eigenvalue weighted by Crippen LogP contribution is -2.53. The quantitative estimate of drug-likeness (QED) is 0.684. The van der Waals surface area contributed by atoms with E-state index in [4.69, 9.17) is 10.8 Å². The maximum absolute atomic E-state index is 11.6. The summed E-state index contributed by atoms with van der Waals surface area (Å²) in [6.45, 7) is 3.48. The number of nitrogens with zero attached hydrogens (tertiary/aromatic N) is 1. The average Bonchev–Trinajstić information content (AvgIpc) is 2.12. The third-order valence-electron chi connectivity index (χ3n) is 3.09. The first-order valence-electron chi connectivity index (χ1n) is 5.75. The number of likely N-dealkylation sites (tertiary alicyclic amines) is 1. The second kappa shape index (κ2) is 5.84. The van der Waals surface area contributed by atoms with Crippen LogP contribution in [-0.4, -0.2) is 41.5 Å². The molecular formula is C11H20N2O3. The van der Waals surface area contributed by atoms with Crippen molar-refractivity contribution in [1.29, 1.82) is 0 Å². The summed E-state index contributed by atoms with van der Waals surface area (Å²) in [7, 11) is 0. The van der Waals surface area contributed by atoms with E-state index in [-0.39, 0.29) is 11.8 Å². The molecular weight excluding hydrogens is 208 g/mol. The van der Waals surface area contributed by atoms with Gasteiger partial charge in [-0.25, -0.2) is 0 Å². The molecule has 5 nitrogen and oxygen atoms in total. The Morgan fingerprint density at radius 1 is 1.44 bits per heavy atom. The Balaban J connectivity index is 2.15. The summed E-state index contributed by atoms with van der Waals surface area (Å²) in [5, 5.41) is 8.67. The Bertz CT molecular complexity index is 262. The van der Waals surface area contributed by atoms with Crippen LogP contribution in [0.15, 0.2) is 0 Å². The molecule has 1 aliphatic heterocycles. The number of carbonyl (C=O) groups excluding carboxylic acids is 1. The van der Waals surface area contributed by atoms with Crippen LogP contribution in [0.25, 0.3) is 0 Å². The first-order valence-corrected chi connectivity index (χ1v) is 5.75. The highest BCUT2D eigenvalue weighted by atomic mass is 16.4. The maximum Gasteiger partial charge on any atom is 0.310 e. The molecule has 1 saturated heterocycles. The Kier molecular flexibility index (Phi) is 4.73. The highest BCUT2D eigenvalue weighted by Gasteiger charge is 2.35. The van der Waals surface area contributed by atoms with Crippen LogP contribution in [-0.2, 0) is 9.59 Å². The van der Waals surface area contributed by atoms with Gasteiger partial charge in [-0.2, -0.15) is 0 Å². The minimum atomic E-state index is -0.805. The SMILES string of the molecule is CC(CCN)CCC(=O)N1CC(C(=O)O)C1. The van der Waals surface area contributed by atoms with Crippen molar-refractivity contribution in [3.63, 3.8) is 0 Å². The summed E-state index contributed by atoms with van der Waals surface area (Å²) in [6.07, 6.45) is 2.28. The monoisotopic (exact) mass is 228 g/mol. The van der Waals surface area contributed by atoms with Crippen molar-refractivity contribution < 1.29 is 14.7 Å². The van der Waals surface area contributed by atoms with Crippen LogP contribution in [0.3, 0.4) is 0 Å². The zero-order chi connectivity index (χ0) is 12.1. The highest BCUT2D eigenvalue weighted by Crippen LogP contribution is 2.18. The van der Waals surface area contributed by atoms with Gasteiger partial charge in [-0.05, 0) is 25.3 Å². The van der Waals surface area contributed by atoms with Crippen LogP contribution in [0.5, 0.6) is 0 Å². The molecule has 1 aliphatic rings. The van der Waals surface area contributed by atoms with Crippen molar-refractivity contribution >= 4 is 11.9 Å². The Labute approximate surface area is 95.6 Å². The maximum atomic E-state index is 11.6. The zero-order valence-corrected chi connectivity index (χ0v) is 9.69. The minimum Gasteiger partial charge on any atom is -0.481 e. The van der Waals surface area contributed by atoms with E-state index in [9.17, 15) is 9.59 Å². The summed E-state index contributed by atoms with van der Waals surface area (Å²) in [5.74, 6) is -0.627. The number of hydrogen-bond acceptors (Lipinski definition) is 3. The fourth-order valence-electron chi connectivity index (χ4n) is 1.80. The summed E-state index contributed by atoms with van der Waals surface area (Å²) >= 11 is 0. The Hall–Kier alpha value is -1.10. The number of carboxylic acid groups (broad SMARTS) is 1. The number of carboxylic acids is 1. The molecule has 0 saturated carbocycles. The molecule has 1 amide bonds. The molecule has 0 radical (unpaired) electrons. The lowest BCUT2D eigenvalue weighted by atomic mass is 9.97. The van der Waals surface area contributed by atoms with Crippen LogP contribution in [0, 0.1) is 11.8 Å². The number of carbonyl (C=O) groups is 2. The van der Waals surface area contributed by atoms with Crippen molar-refractivity contribution in [2.75, 3.05) is 19.6 Å². The van der Waals surface area contributed by atoms with Gasteiger partial charge in [-0.15, -0.1) is 0 Å². The Morgan fingerprint density at radius 3 is 2.56 bits per heavy atom. The van der Waals surface area contributed by atoms with Gasteiger partial charge in [-0.1, -0.05) is 6.92 Å². The van der Waals surface area contributed by atoms with Gasteiger partial charge >= 0.3 is 5.97 Å². The normalized spacial score (nSPS) is 18.0. The zero-order valence-electron chi connectivity index (χ0n) is 9.69. The van der Waals surface area contributed by atoms with Crippen molar-refractivity contribution in [1.82, 2.24) is 4.90 Å². The molecule has 0 aromatic heterocycles. The average molecular weight is 228 g/mol. The van der Waals surface area contributed by atoms with Crippen LogP contribution >= 0.6 is 0 Å². The van der Waals surface area contributed by atoms with Crippen molar-refractivity contribution in [2.24, 2.45) is 17.6 Å². The van der Waals surface area contributed by atoms with Gasteiger partial charge in [0.15, 0.2) is 0 Å². The molecule has 0 aromatic carbocycles. The molecule has 16 heavy (non-hydrogen) atoms. The van der Waals surface area contributed by atoms with E-state index in [1.165, 1.54) is 0 Å². The Morgan fingerprint density at radius 2 is 2.06 bits per heavy atom. The largest absolute Gasteiger partial charge is 0.481 e. The third-order valence-corrected chi connectivity index (χ3v) is 3.09. The van der Waals surface area contributed by atoms with Crippen LogP contribution in [0.4, 0.5) is 0 Å². The fourth-order valence-corrected chi connectivity index (χ4v) is 1.80. The molecule has 1 heterocycles. The van der Waals surface area contributed by atoms with Crippen molar-refractivity contribution in [3.8, 4) is 0 Å². The van der Waals surface area contributed by atoms with E-state index in [0.29, 0.717) is 32.0 Å². The second-order valence-corrected chi connectivity index (χ2v) is 4.56. The van der Waals surface area contributed by atoms with Gasteiger partial charge in [0.05, 0.1) is 5.92 Å². The smallest absolute Gasteiger partial charge is 0.310 e. The van der Waals surface area contributed by atoms with Gasteiger partial charge in [0.2, 0.25) is 5.91 Å². The predicted octanol–water partition coefficient (Wildman–Crippen LogP) is 0.295. The van der Waals surface area contributed by atoms with E-state index in [0.717, 1.165) is 12.8 Å². The number of aliphatic carboxylic acids is 1. The highest BCUT2D eigenvalue weighted by molar-refractivity contribution is 5.80. The van der Waals surface area contributed by atoms with E-state index in [2.05, 4.69) is 6.92 Å². The topological polar surface area (TPSA) is 83.6 Å². The molecule has 1 rings (SSSR count). The molecule has 0 aliphatic carbocycles. The molecule has 0 aromatic rings. The molecule has 1 atom stereocenters. The first-order chi connectivity index (χ1) is 7.54. The van der Waals surface area contributed by atoms with Gasteiger partial charge in [0, 0.05) is 19.5 Å². The first kappa shape index (κ1) is 13.0. The number of amides is 1. The molecule has 1 fully saturated rings. The predicted molar refractivity (Wildman–Crippen MR) is 59.8 cm³/mol. The molecule has 0 spiro atoms. The van der Waals surface area contributed by atoms with Crippen molar-refractivity contribution in [3.05, 3.63) is 0 Å². The summed E-state index contributed by atoms with van der Waals surface area (Å²) in [4.78, 5) is 23.8. The van der Waals surface area contributed by atoms with Gasteiger partial charge in [-0.3, -0.25) is 9.59 Å². The standard InChI is InChI=1S/C11H20N2O3/c1-8(4-5-12)2-3-10(14)13-6-9(7-13)11(15)16/h8-9H,2-7,12H2,1H3,(H,15,16). The van der Waals surface area contributed by atoms with Gasteiger partial charge in [0.1, 0.15) is 0 Å². The minimum absolute atomic E-state index is 0.0707. The summed E-state index contributed by atoms with van der Waals surface area (Å²) in [6, 6.07) is 0. The van der Waals surface area contributed by atoms with Crippen molar-refractivity contribution in [2.45, 2.75) is 26.2 Å². The fraction of sp³-hybridized carbons (Fsp3) is 0.818. The third kappa shape index (κ3) is 3.48. The number of hydrogen-bond donors (Lipinski definition) is 2. The van der Waals surface area contributed by atoms with Crippen LogP contribution in [0.1, 0.15) is 26.2 Å². The van der Waals surface area contributed by atoms with E-state index in [1.54, 1.807) is 4.90 Å². The lowest BCUT2D eigenvalue weighted by Gasteiger charge is -2.36. The summed E-state index contributed by atoms with van der Waals surface area (Å²) in [5.41, 5.74) is 5.42. The van der Waals surface area contributed by atoms with Crippen LogP contribution in [0.2, 0.25) is 0 Å². The van der Waals surface area contributed by atoms with E-state index >= 15 is 0 Å². The number of nitrogens with two attached hydrogens (primary N) is 1. The molecule has 5 heteroatoms. The van der Waals surface area contributed by atoms with Gasteiger partial charge in [0.25, 0.3) is 0 Å².